The lowest BCUT2D eigenvalue weighted by molar-refractivity contribution is 0.131. The summed E-state index contributed by atoms with van der Waals surface area (Å²) < 4.78 is 17.7. The van der Waals surface area contributed by atoms with Crippen molar-refractivity contribution in [1.82, 2.24) is 14.5 Å². The Morgan fingerprint density at radius 1 is 0.441 bits per heavy atom. The molecule has 0 aliphatic heterocycles. The molecule has 0 saturated carbocycles. The largest absolute Gasteiger partial charge is 0.376 e. The Morgan fingerprint density at radius 2 is 0.915 bits per heavy atom. The maximum atomic E-state index is 15.4. The SMILES string of the molecule is O=P(c1ccccc1)(c1ccccc1)c1ccc(-c2nc(-c3ccccc3)nc3c2C(O)(c2ccccc2-n2c4ccccc4c4ccccc42)c2ccccc2-3)cc1. The average molecular weight is 778 g/mol. The van der Waals surface area contributed by atoms with Crippen molar-refractivity contribution in [2.45, 2.75) is 5.60 Å². The van der Waals surface area contributed by atoms with Crippen LogP contribution in [0.1, 0.15) is 16.7 Å². The van der Waals surface area contributed by atoms with E-state index in [-0.39, 0.29) is 0 Å². The van der Waals surface area contributed by atoms with Gasteiger partial charge in [0, 0.05) is 60.1 Å². The van der Waals surface area contributed by atoms with E-state index in [4.69, 9.17) is 9.97 Å². The molecule has 1 unspecified atom stereocenters. The standard InChI is InChI=1S/C53H36N3O2P/c57-53(45-28-14-17-31-48(45)56-46-29-15-11-24-41(46)42-25-12-16-30-47(42)56)44-27-13-10-26-43(44)51-49(53)50(54-52(55-51)37-18-4-1-5-19-37)36-32-34-40(35-33-36)59(58,38-20-6-2-7-21-38)39-22-8-3-9-23-39/h1-35,57H. The van der Waals surface area contributed by atoms with E-state index in [2.05, 4.69) is 59.2 Å². The van der Waals surface area contributed by atoms with Crippen molar-refractivity contribution in [2.24, 2.45) is 0 Å². The molecule has 1 aliphatic carbocycles. The van der Waals surface area contributed by atoms with Crippen LogP contribution in [0.4, 0.5) is 0 Å². The van der Waals surface area contributed by atoms with Gasteiger partial charge in [-0.3, -0.25) is 0 Å². The van der Waals surface area contributed by atoms with Gasteiger partial charge in [-0.25, -0.2) is 9.97 Å². The number of fused-ring (bicyclic) bond motifs is 6. The Balaban J connectivity index is 1.18. The minimum absolute atomic E-state index is 0.553. The topological polar surface area (TPSA) is 68.0 Å². The molecule has 1 atom stereocenters. The van der Waals surface area contributed by atoms with Crippen molar-refractivity contribution in [3.8, 4) is 39.6 Å². The highest BCUT2D eigenvalue weighted by atomic mass is 31.2. The van der Waals surface area contributed by atoms with Crippen molar-refractivity contribution in [3.05, 3.63) is 229 Å². The third-order valence-corrected chi connectivity index (χ3v) is 14.8. The van der Waals surface area contributed by atoms with Crippen molar-refractivity contribution in [3.63, 3.8) is 0 Å². The summed E-state index contributed by atoms with van der Waals surface area (Å²) in [6.07, 6.45) is 0. The third-order valence-electron chi connectivity index (χ3n) is 11.7. The summed E-state index contributed by atoms with van der Waals surface area (Å²) in [5, 5.41) is 18.4. The van der Waals surface area contributed by atoms with Crippen molar-refractivity contribution in [2.75, 3.05) is 0 Å². The van der Waals surface area contributed by atoms with Gasteiger partial charge in [0.25, 0.3) is 0 Å². The molecule has 0 bridgehead atoms. The summed E-state index contributed by atoms with van der Waals surface area (Å²) in [6.45, 7) is 0. The predicted molar refractivity (Wildman–Crippen MR) is 241 cm³/mol. The van der Waals surface area contributed by atoms with E-state index >= 15 is 4.57 Å². The number of para-hydroxylation sites is 3. The molecule has 280 valence electrons. The summed E-state index contributed by atoms with van der Waals surface area (Å²) >= 11 is 0. The molecular weight excluding hydrogens is 742 g/mol. The number of hydrogen-bond donors (Lipinski definition) is 1. The highest BCUT2D eigenvalue weighted by molar-refractivity contribution is 7.85. The quantitative estimate of drug-likeness (QED) is 0.164. The summed E-state index contributed by atoms with van der Waals surface area (Å²) in [7, 11) is -3.24. The molecule has 1 N–H and O–H groups in total. The van der Waals surface area contributed by atoms with Crippen LogP contribution in [0.15, 0.2) is 212 Å². The van der Waals surface area contributed by atoms with E-state index in [1.807, 2.05) is 158 Å². The molecule has 2 heterocycles. The summed E-state index contributed by atoms with van der Waals surface area (Å²) in [6, 6.07) is 70.3. The first-order valence-corrected chi connectivity index (χ1v) is 21.5. The molecule has 0 fully saturated rings. The van der Waals surface area contributed by atoms with Gasteiger partial charge in [-0.1, -0.05) is 194 Å². The molecule has 0 radical (unpaired) electrons. The van der Waals surface area contributed by atoms with Gasteiger partial charge >= 0.3 is 0 Å². The second-order valence-corrected chi connectivity index (χ2v) is 17.7. The first kappa shape index (κ1) is 35.0. The predicted octanol–water partition coefficient (Wildman–Crippen LogP) is 10.8. The fraction of sp³-hybridized carbons (Fsp3) is 0.0189. The first-order valence-electron chi connectivity index (χ1n) is 19.8. The number of nitrogens with zero attached hydrogens (tertiary/aromatic N) is 3. The number of rotatable bonds is 7. The first-order chi connectivity index (χ1) is 29.0. The van der Waals surface area contributed by atoms with Crippen molar-refractivity contribution in [1.29, 1.82) is 0 Å². The maximum Gasteiger partial charge on any atom is 0.171 e. The molecule has 6 heteroatoms. The molecule has 0 amide bonds. The van der Waals surface area contributed by atoms with Gasteiger partial charge in [0.05, 0.1) is 28.1 Å². The molecule has 11 rings (SSSR count). The zero-order chi connectivity index (χ0) is 39.6. The van der Waals surface area contributed by atoms with Gasteiger partial charge in [-0.05, 0) is 18.2 Å². The number of benzene rings is 8. The van der Waals surface area contributed by atoms with Gasteiger partial charge in [-0.2, -0.15) is 0 Å². The van der Waals surface area contributed by atoms with Crippen LogP contribution in [0, 0.1) is 0 Å². The molecule has 2 aromatic heterocycles. The van der Waals surface area contributed by atoms with E-state index in [9.17, 15) is 5.11 Å². The monoisotopic (exact) mass is 777 g/mol. The van der Waals surface area contributed by atoms with Crippen LogP contribution in [0.2, 0.25) is 0 Å². The second kappa shape index (κ2) is 13.7. The fourth-order valence-corrected chi connectivity index (χ4v) is 11.7. The summed E-state index contributed by atoms with van der Waals surface area (Å²) in [5.74, 6) is 0.553. The molecule has 0 spiro atoms. The van der Waals surface area contributed by atoms with Gasteiger partial charge in [0.1, 0.15) is 5.60 Å². The lowest BCUT2D eigenvalue weighted by atomic mass is 9.81. The third kappa shape index (κ3) is 5.33. The maximum absolute atomic E-state index is 15.4. The number of aliphatic hydroxyl groups is 1. The molecule has 10 aromatic rings. The van der Waals surface area contributed by atoms with Crippen molar-refractivity contribution >= 4 is 44.9 Å². The number of aromatic nitrogens is 3. The zero-order valence-corrected chi connectivity index (χ0v) is 32.7. The minimum Gasteiger partial charge on any atom is -0.376 e. The lowest BCUT2D eigenvalue weighted by Gasteiger charge is -2.30. The van der Waals surface area contributed by atoms with Crippen molar-refractivity contribution < 1.29 is 9.67 Å². The van der Waals surface area contributed by atoms with Crippen LogP contribution in [-0.2, 0) is 10.2 Å². The van der Waals surface area contributed by atoms with Crippen LogP contribution in [0.5, 0.6) is 0 Å². The van der Waals surface area contributed by atoms with E-state index in [0.717, 1.165) is 60.4 Å². The van der Waals surface area contributed by atoms with Crippen LogP contribution in [-0.4, -0.2) is 19.6 Å². The highest BCUT2D eigenvalue weighted by Crippen LogP contribution is 2.55. The van der Waals surface area contributed by atoms with Gasteiger partial charge < -0.3 is 14.2 Å². The zero-order valence-electron chi connectivity index (χ0n) is 31.9. The van der Waals surface area contributed by atoms with E-state index in [1.54, 1.807) is 0 Å². The van der Waals surface area contributed by atoms with E-state index in [1.165, 1.54) is 0 Å². The van der Waals surface area contributed by atoms with Crippen LogP contribution in [0.25, 0.3) is 61.4 Å². The highest BCUT2D eigenvalue weighted by Gasteiger charge is 2.48. The fourth-order valence-electron chi connectivity index (χ4n) is 9.05. The van der Waals surface area contributed by atoms with E-state index < -0.39 is 12.7 Å². The Kier molecular flexibility index (Phi) is 8.16. The van der Waals surface area contributed by atoms with Crippen LogP contribution >= 0.6 is 7.14 Å². The smallest absolute Gasteiger partial charge is 0.171 e. The average Bonchev–Trinajstić information content (AvgIpc) is 3.79. The Hall–Kier alpha value is -7.17. The normalized spacial score (nSPS) is 14.7. The minimum atomic E-state index is -3.24. The number of hydrogen-bond acceptors (Lipinski definition) is 4. The van der Waals surface area contributed by atoms with Gasteiger partial charge in [-0.15, -0.1) is 0 Å². The Labute approximate surface area is 341 Å². The molecule has 5 nitrogen and oxygen atoms in total. The summed E-state index contributed by atoms with van der Waals surface area (Å²) in [5.41, 5.74) is 7.10. The summed E-state index contributed by atoms with van der Waals surface area (Å²) in [4.78, 5) is 10.6. The lowest BCUT2D eigenvalue weighted by Crippen LogP contribution is -2.29. The molecule has 59 heavy (non-hydrogen) atoms. The second-order valence-electron chi connectivity index (χ2n) is 15.0. The molecule has 1 aliphatic rings. The van der Waals surface area contributed by atoms with Crippen LogP contribution in [0.3, 0.4) is 0 Å². The molecule has 8 aromatic carbocycles. The Morgan fingerprint density at radius 3 is 1.54 bits per heavy atom. The van der Waals surface area contributed by atoms with Gasteiger partial charge in [0.2, 0.25) is 0 Å². The van der Waals surface area contributed by atoms with Gasteiger partial charge in [0.15, 0.2) is 13.0 Å². The molecule has 0 saturated heterocycles. The molecular formula is C53H36N3O2P. The Bertz CT molecular complexity index is 3160. The van der Waals surface area contributed by atoms with E-state index in [0.29, 0.717) is 33.6 Å². The van der Waals surface area contributed by atoms with Crippen LogP contribution < -0.4 is 15.9 Å².